The van der Waals surface area contributed by atoms with Gasteiger partial charge in [0.2, 0.25) is 0 Å². The fourth-order valence-electron chi connectivity index (χ4n) is 3.37. The van der Waals surface area contributed by atoms with Crippen LogP contribution >= 0.6 is 0 Å². The third-order valence-corrected chi connectivity index (χ3v) is 4.66. The molecule has 1 fully saturated rings. The van der Waals surface area contributed by atoms with E-state index in [1.165, 1.54) is 5.56 Å². The average Bonchev–Trinajstić information content (AvgIpc) is 3.36. The van der Waals surface area contributed by atoms with Gasteiger partial charge in [0, 0.05) is 50.7 Å². The average molecular weight is 323 g/mol. The van der Waals surface area contributed by atoms with Gasteiger partial charge >= 0.3 is 0 Å². The Kier molecular flexibility index (Phi) is 4.15. The lowest BCUT2D eigenvalue weighted by molar-refractivity contribution is 0.107. The van der Waals surface area contributed by atoms with Crippen LogP contribution in [0.2, 0.25) is 0 Å². The number of hydrogen-bond donors (Lipinski definition) is 1. The largest absolute Gasteiger partial charge is 0.380 e. The van der Waals surface area contributed by atoms with Gasteiger partial charge in [0.25, 0.3) is 0 Å². The maximum Gasteiger partial charge on any atom is 0.123 e. The van der Waals surface area contributed by atoms with Crippen LogP contribution < -0.4 is 0 Å². The highest BCUT2D eigenvalue weighted by molar-refractivity contribution is 5.34. The summed E-state index contributed by atoms with van der Waals surface area (Å²) in [5.74, 6) is 1.02. The number of H-pyrrole nitrogens is 1. The number of methoxy groups -OCH3 is 1. The molecule has 1 aliphatic rings. The predicted molar refractivity (Wildman–Crippen MR) is 90.7 cm³/mol. The Bertz CT molecular complexity index is 751. The van der Waals surface area contributed by atoms with Gasteiger partial charge in [-0.15, -0.1) is 0 Å². The molecule has 24 heavy (non-hydrogen) atoms. The number of benzene rings is 1. The van der Waals surface area contributed by atoms with E-state index < -0.39 is 0 Å². The molecule has 6 nitrogen and oxygen atoms in total. The maximum absolute atomic E-state index is 5.58. The minimum absolute atomic E-state index is 0.255. The Morgan fingerprint density at radius 2 is 2.12 bits per heavy atom. The van der Waals surface area contributed by atoms with Crippen molar-refractivity contribution in [3.63, 3.8) is 0 Å². The quantitative estimate of drug-likeness (QED) is 0.784. The van der Waals surface area contributed by atoms with Gasteiger partial charge in [-0.05, 0) is 24.1 Å². The molecule has 0 radical (unpaired) electrons. The summed E-state index contributed by atoms with van der Waals surface area (Å²) in [6.07, 6.45) is 10.5. The van der Waals surface area contributed by atoms with Crippen molar-refractivity contribution in [2.24, 2.45) is 0 Å². The Labute approximate surface area is 141 Å². The van der Waals surface area contributed by atoms with E-state index in [0.29, 0.717) is 0 Å². The van der Waals surface area contributed by atoms with Crippen molar-refractivity contribution in [3.05, 3.63) is 66.8 Å². The number of rotatable bonds is 5. The monoisotopic (exact) mass is 323 g/mol. The second-order valence-electron chi connectivity index (χ2n) is 6.15. The van der Waals surface area contributed by atoms with E-state index in [1.54, 1.807) is 13.3 Å². The Balaban J connectivity index is 1.50. The minimum Gasteiger partial charge on any atom is -0.380 e. The van der Waals surface area contributed by atoms with Crippen LogP contribution in [0.3, 0.4) is 0 Å². The number of nitrogens with zero attached hydrogens (tertiary/aromatic N) is 4. The highest BCUT2D eigenvalue weighted by Crippen LogP contribution is 2.32. The van der Waals surface area contributed by atoms with E-state index in [0.717, 1.165) is 31.0 Å². The molecule has 0 amide bonds. The summed E-state index contributed by atoms with van der Waals surface area (Å²) in [6, 6.07) is 8.88. The molecule has 4 rings (SSSR count). The number of imidazole rings is 2. The molecule has 1 N–H and O–H groups in total. The SMILES string of the molecule is CO[C@@H]1CC(c2ncc[nH]2)N(Cc2ccc(-n3ccnc3)cc2)C1. The van der Waals surface area contributed by atoms with Crippen LogP contribution in [-0.4, -0.2) is 44.2 Å². The molecule has 6 heteroatoms. The lowest BCUT2D eigenvalue weighted by Crippen LogP contribution is -2.25. The summed E-state index contributed by atoms with van der Waals surface area (Å²) in [6.45, 7) is 1.81. The van der Waals surface area contributed by atoms with Crippen LogP contribution in [0.15, 0.2) is 55.4 Å². The van der Waals surface area contributed by atoms with E-state index in [1.807, 2.05) is 29.5 Å². The van der Waals surface area contributed by atoms with Crippen LogP contribution in [0, 0.1) is 0 Å². The second kappa shape index (κ2) is 6.59. The van der Waals surface area contributed by atoms with Gasteiger partial charge in [-0.25, -0.2) is 9.97 Å². The molecular formula is C18H21N5O. The van der Waals surface area contributed by atoms with Gasteiger partial charge in [0.1, 0.15) is 5.82 Å². The standard InChI is InChI=1S/C18H21N5O/c1-24-16-10-17(18-20-6-7-21-18)23(12-16)11-14-2-4-15(5-3-14)22-9-8-19-13-22/h2-9,13,16-17H,10-12H2,1H3,(H,20,21)/t16-,17?/m1/s1. The fourth-order valence-corrected chi connectivity index (χ4v) is 3.37. The van der Waals surface area contributed by atoms with Gasteiger partial charge in [0.15, 0.2) is 0 Å². The molecule has 1 unspecified atom stereocenters. The van der Waals surface area contributed by atoms with Crippen LogP contribution in [0.1, 0.15) is 23.9 Å². The zero-order valence-corrected chi connectivity index (χ0v) is 13.7. The van der Waals surface area contributed by atoms with Crippen LogP contribution in [0.4, 0.5) is 0 Å². The first-order chi connectivity index (χ1) is 11.8. The first kappa shape index (κ1) is 15.1. The number of aromatic amines is 1. The van der Waals surface area contributed by atoms with Crippen molar-refractivity contribution < 1.29 is 4.74 Å². The predicted octanol–water partition coefficient (Wildman–Crippen LogP) is 2.56. The first-order valence-corrected chi connectivity index (χ1v) is 8.17. The van der Waals surface area contributed by atoms with Gasteiger partial charge in [-0.3, -0.25) is 4.90 Å². The Hall–Kier alpha value is -2.44. The molecule has 1 saturated heterocycles. The van der Waals surface area contributed by atoms with Crippen molar-refractivity contribution >= 4 is 0 Å². The van der Waals surface area contributed by atoms with Gasteiger partial charge < -0.3 is 14.3 Å². The number of hydrogen-bond acceptors (Lipinski definition) is 4. The summed E-state index contributed by atoms with van der Waals surface area (Å²) in [4.78, 5) is 14.2. The molecule has 0 aliphatic carbocycles. The lowest BCUT2D eigenvalue weighted by atomic mass is 10.1. The number of ether oxygens (including phenoxy) is 1. The Morgan fingerprint density at radius 1 is 1.25 bits per heavy atom. The van der Waals surface area contributed by atoms with Crippen LogP contribution in [0.5, 0.6) is 0 Å². The van der Waals surface area contributed by atoms with Gasteiger partial charge in [0.05, 0.1) is 18.5 Å². The van der Waals surface area contributed by atoms with E-state index >= 15 is 0 Å². The minimum atomic E-state index is 0.255. The van der Waals surface area contributed by atoms with Crippen molar-refractivity contribution in [1.29, 1.82) is 0 Å². The zero-order chi connectivity index (χ0) is 16.4. The maximum atomic E-state index is 5.58. The summed E-state index contributed by atoms with van der Waals surface area (Å²) in [5.41, 5.74) is 2.40. The molecule has 3 heterocycles. The molecular weight excluding hydrogens is 302 g/mol. The van der Waals surface area contributed by atoms with Gasteiger partial charge in [-0.2, -0.15) is 0 Å². The molecule has 1 aromatic carbocycles. The first-order valence-electron chi connectivity index (χ1n) is 8.17. The number of nitrogens with one attached hydrogen (secondary N) is 1. The summed E-state index contributed by atoms with van der Waals surface area (Å²) in [5, 5.41) is 0. The van der Waals surface area contributed by atoms with Crippen molar-refractivity contribution in [2.75, 3.05) is 13.7 Å². The summed E-state index contributed by atoms with van der Waals surface area (Å²) in [7, 11) is 1.78. The topological polar surface area (TPSA) is 59.0 Å². The van der Waals surface area contributed by atoms with E-state index in [9.17, 15) is 0 Å². The smallest absolute Gasteiger partial charge is 0.123 e. The molecule has 1 aliphatic heterocycles. The summed E-state index contributed by atoms with van der Waals surface area (Å²) < 4.78 is 7.59. The highest BCUT2D eigenvalue weighted by atomic mass is 16.5. The third-order valence-electron chi connectivity index (χ3n) is 4.66. The zero-order valence-electron chi connectivity index (χ0n) is 13.7. The normalized spacial score (nSPS) is 21.4. The number of likely N-dealkylation sites (tertiary alicyclic amines) is 1. The van der Waals surface area contributed by atoms with Crippen molar-refractivity contribution in [1.82, 2.24) is 24.4 Å². The second-order valence-corrected chi connectivity index (χ2v) is 6.15. The van der Waals surface area contributed by atoms with Crippen LogP contribution in [0.25, 0.3) is 5.69 Å². The Morgan fingerprint density at radius 3 is 2.79 bits per heavy atom. The molecule has 0 saturated carbocycles. The van der Waals surface area contributed by atoms with E-state index in [-0.39, 0.29) is 12.1 Å². The van der Waals surface area contributed by atoms with E-state index in [4.69, 9.17) is 4.74 Å². The third kappa shape index (κ3) is 2.98. The molecule has 0 spiro atoms. The molecule has 124 valence electrons. The molecule has 2 atom stereocenters. The van der Waals surface area contributed by atoms with Crippen LogP contribution in [-0.2, 0) is 11.3 Å². The molecule has 2 aromatic heterocycles. The van der Waals surface area contributed by atoms with Gasteiger partial charge in [-0.1, -0.05) is 12.1 Å². The lowest BCUT2D eigenvalue weighted by Gasteiger charge is -2.22. The highest BCUT2D eigenvalue weighted by Gasteiger charge is 2.34. The molecule has 3 aromatic rings. The van der Waals surface area contributed by atoms with E-state index in [2.05, 4.69) is 44.1 Å². The van der Waals surface area contributed by atoms with Crippen molar-refractivity contribution in [2.45, 2.75) is 25.1 Å². The summed E-state index contributed by atoms with van der Waals surface area (Å²) >= 11 is 0. The number of aromatic nitrogens is 4. The molecule has 0 bridgehead atoms. The van der Waals surface area contributed by atoms with Crippen molar-refractivity contribution in [3.8, 4) is 5.69 Å². The fraction of sp³-hybridized carbons (Fsp3) is 0.333.